The van der Waals surface area contributed by atoms with Crippen LogP contribution in [0.4, 0.5) is 0 Å². The zero-order chi connectivity index (χ0) is 14.7. The number of nitrogens with two attached hydrogens (primary N) is 1. The second-order valence-corrected chi connectivity index (χ2v) is 6.51. The standard InChI is InChI=1S/C17H17ClN2S/c18-14-5-3-4-12(8-14)9-15(20-19)10-13-11-21-17-7-2-1-6-16(13)17/h1-8,11,15,20H,9-10,19H2. The summed E-state index contributed by atoms with van der Waals surface area (Å²) in [4.78, 5) is 0. The molecule has 21 heavy (non-hydrogen) atoms. The molecule has 0 amide bonds. The number of thiophene rings is 1. The Morgan fingerprint density at radius 2 is 1.95 bits per heavy atom. The third-order valence-electron chi connectivity index (χ3n) is 3.63. The van der Waals surface area contributed by atoms with Gasteiger partial charge in [0.15, 0.2) is 0 Å². The topological polar surface area (TPSA) is 38.0 Å². The van der Waals surface area contributed by atoms with Gasteiger partial charge in [0.05, 0.1) is 0 Å². The molecule has 0 saturated heterocycles. The molecule has 0 fully saturated rings. The molecule has 0 radical (unpaired) electrons. The Hall–Kier alpha value is -1.39. The smallest absolute Gasteiger partial charge is 0.0408 e. The molecular weight excluding hydrogens is 300 g/mol. The van der Waals surface area contributed by atoms with Crippen LogP contribution >= 0.6 is 22.9 Å². The fourth-order valence-electron chi connectivity index (χ4n) is 2.59. The number of halogens is 1. The Balaban J connectivity index is 1.78. The van der Waals surface area contributed by atoms with Crippen LogP contribution in [0.5, 0.6) is 0 Å². The molecule has 3 rings (SSSR count). The Labute approximate surface area is 133 Å². The van der Waals surface area contributed by atoms with Crippen LogP contribution in [0, 0.1) is 0 Å². The van der Waals surface area contributed by atoms with Gasteiger partial charge in [0.25, 0.3) is 0 Å². The minimum absolute atomic E-state index is 0.196. The van der Waals surface area contributed by atoms with Crippen molar-refractivity contribution in [3.8, 4) is 0 Å². The first-order valence-corrected chi connectivity index (χ1v) is 8.17. The minimum atomic E-state index is 0.196. The van der Waals surface area contributed by atoms with Gasteiger partial charge in [0.2, 0.25) is 0 Å². The van der Waals surface area contributed by atoms with Crippen LogP contribution < -0.4 is 11.3 Å². The molecule has 3 aromatic rings. The van der Waals surface area contributed by atoms with Gasteiger partial charge >= 0.3 is 0 Å². The van der Waals surface area contributed by atoms with Gasteiger partial charge < -0.3 is 0 Å². The Bertz CT molecular complexity index is 738. The van der Waals surface area contributed by atoms with Crippen LogP contribution in [0.3, 0.4) is 0 Å². The monoisotopic (exact) mass is 316 g/mol. The van der Waals surface area contributed by atoms with Crippen molar-refractivity contribution in [2.45, 2.75) is 18.9 Å². The summed E-state index contributed by atoms with van der Waals surface area (Å²) in [7, 11) is 0. The summed E-state index contributed by atoms with van der Waals surface area (Å²) in [5, 5.41) is 4.32. The SMILES string of the molecule is NNC(Cc1cccc(Cl)c1)Cc1csc2ccccc12. The zero-order valence-electron chi connectivity index (χ0n) is 11.6. The highest BCUT2D eigenvalue weighted by Gasteiger charge is 2.12. The van der Waals surface area contributed by atoms with E-state index in [-0.39, 0.29) is 6.04 Å². The van der Waals surface area contributed by atoms with Crippen molar-refractivity contribution in [2.75, 3.05) is 0 Å². The molecule has 0 bridgehead atoms. The Kier molecular flexibility index (Phi) is 4.56. The number of rotatable bonds is 5. The van der Waals surface area contributed by atoms with Crippen LogP contribution in [0.2, 0.25) is 5.02 Å². The molecule has 1 unspecified atom stereocenters. The van der Waals surface area contributed by atoms with E-state index in [4.69, 9.17) is 17.4 Å². The van der Waals surface area contributed by atoms with E-state index in [2.05, 4.69) is 41.1 Å². The summed E-state index contributed by atoms with van der Waals surface area (Å²) in [6.07, 6.45) is 1.77. The average molecular weight is 317 g/mol. The van der Waals surface area contributed by atoms with Crippen molar-refractivity contribution < 1.29 is 0 Å². The number of hydrogen-bond donors (Lipinski definition) is 2. The van der Waals surface area contributed by atoms with Crippen molar-refractivity contribution >= 4 is 33.0 Å². The molecule has 1 aromatic heterocycles. The first kappa shape index (κ1) is 14.5. The van der Waals surface area contributed by atoms with E-state index >= 15 is 0 Å². The summed E-state index contributed by atoms with van der Waals surface area (Å²) in [5.74, 6) is 5.74. The largest absolute Gasteiger partial charge is 0.271 e. The van der Waals surface area contributed by atoms with Crippen molar-refractivity contribution in [3.63, 3.8) is 0 Å². The highest BCUT2D eigenvalue weighted by Crippen LogP contribution is 2.27. The van der Waals surface area contributed by atoms with E-state index in [0.717, 1.165) is 17.9 Å². The van der Waals surface area contributed by atoms with Crippen LogP contribution in [-0.2, 0) is 12.8 Å². The van der Waals surface area contributed by atoms with E-state index in [1.165, 1.54) is 21.2 Å². The maximum atomic E-state index is 6.04. The normalized spacial score (nSPS) is 12.7. The first-order chi connectivity index (χ1) is 10.3. The minimum Gasteiger partial charge on any atom is -0.271 e. The first-order valence-electron chi connectivity index (χ1n) is 6.92. The van der Waals surface area contributed by atoms with Gasteiger partial charge in [0, 0.05) is 15.8 Å². The number of hydrogen-bond acceptors (Lipinski definition) is 3. The van der Waals surface area contributed by atoms with Crippen molar-refractivity contribution in [3.05, 3.63) is 70.1 Å². The predicted octanol–water partition coefficient (Wildman–Crippen LogP) is 4.17. The maximum absolute atomic E-state index is 6.04. The molecule has 0 aliphatic rings. The van der Waals surface area contributed by atoms with Gasteiger partial charge in [0.1, 0.15) is 0 Å². The third-order valence-corrected chi connectivity index (χ3v) is 4.88. The zero-order valence-corrected chi connectivity index (χ0v) is 13.1. The van der Waals surface area contributed by atoms with E-state index in [1.807, 2.05) is 18.2 Å². The predicted molar refractivity (Wildman–Crippen MR) is 91.8 cm³/mol. The number of benzene rings is 2. The molecule has 2 aromatic carbocycles. The molecule has 0 aliphatic carbocycles. The molecule has 108 valence electrons. The van der Waals surface area contributed by atoms with Gasteiger partial charge in [-0.25, -0.2) is 0 Å². The van der Waals surface area contributed by atoms with E-state index in [9.17, 15) is 0 Å². The highest BCUT2D eigenvalue weighted by atomic mass is 35.5. The molecule has 0 aliphatic heterocycles. The molecule has 1 heterocycles. The summed E-state index contributed by atoms with van der Waals surface area (Å²) >= 11 is 7.83. The van der Waals surface area contributed by atoms with Crippen LogP contribution in [-0.4, -0.2) is 6.04 Å². The lowest BCUT2D eigenvalue weighted by Gasteiger charge is -2.16. The Morgan fingerprint density at radius 1 is 1.10 bits per heavy atom. The molecule has 0 spiro atoms. The number of fused-ring (bicyclic) bond motifs is 1. The summed E-state index contributed by atoms with van der Waals surface area (Å²) in [6, 6.07) is 16.6. The van der Waals surface area contributed by atoms with Crippen molar-refractivity contribution in [1.29, 1.82) is 0 Å². The summed E-state index contributed by atoms with van der Waals surface area (Å²) in [5.41, 5.74) is 5.48. The van der Waals surface area contributed by atoms with Crippen LogP contribution in [0.25, 0.3) is 10.1 Å². The van der Waals surface area contributed by atoms with Gasteiger partial charge in [-0.05, 0) is 52.9 Å². The molecule has 4 heteroatoms. The van der Waals surface area contributed by atoms with Crippen molar-refractivity contribution in [1.82, 2.24) is 5.43 Å². The molecule has 3 N–H and O–H groups in total. The maximum Gasteiger partial charge on any atom is 0.0408 e. The number of hydrazine groups is 1. The quantitative estimate of drug-likeness (QED) is 0.547. The van der Waals surface area contributed by atoms with Gasteiger partial charge in [-0.3, -0.25) is 11.3 Å². The second kappa shape index (κ2) is 6.58. The Morgan fingerprint density at radius 3 is 2.76 bits per heavy atom. The lowest BCUT2D eigenvalue weighted by Crippen LogP contribution is -2.38. The number of nitrogens with one attached hydrogen (secondary N) is 1. The molecule has 2 nitrogen and oxygen atoms in total. The van der Waals surface area contributed by atoms with Gasteiger partial charge in [-0.2, -0.15) is 0 Å². The van der Waals surface area contributed by atoms with E-state index < -0.39 is 0 Å². The lowest BCUT2D eigenvalue weighted by molar-refractivity contribution is 0.524. The molecule has 1 atom stereocenters. The lowest BCUT2D eigenvalue weighted by atomic mass is 9.99. The highest BCUT2D eigenvalue weighted by molar-refractivity contribution is 7.17. The average Bonchev–Trinajstić information content (AvgIpc) is 2.90. The summed E-state index contributed by atoms with van der Waals surface area (Å²) < 4.78 is 1.33. The van der Waals surface area contributed by atoms with E-state index in [1.54, 1.807) is 11.3 Å². The third kappa shape index (κ3) is 3.44. The fraction of sp³-hybridized carbons (Fsp3) is 0.176. The van der Waals surface area contributed by atoms with E-state index in [0.29, 0.717) is 0 Å². The van der Waals surface area contributed by atoms with Gasteiger partial charge in [-0.1, -0.05) is 41.9 Å². The fourth-order valence-corrected chi connectivity index (χ4v) is 3.78. The van der Waals surface area contributed by atoms with Crippen molar-refractivity contribution in [2.24, 2.45) is 5.84 Å². The molecular formula is C17H17ClN2S. The van der Waals surface area contributed by atoms with Gasteiger partial charge in [-0.15, -0.1) is 11.3 Å². The van der Waals surface area contributed by atoms with Crippen LogP contribution in [0.1, 0.15) is 11.1 Å². The van der Waals surface area contributed by atoms with Crippen LogP contribution in [0.15, 0.2) is 53.9 Å². The molecule has 0 saturated carbocycles. The summed E-state index contributed by atoms with van der Waals surface area (Å²) in [6.45, 7) is 0. The second-order valence-electron chi connectivity index (χ2n) is 5.16.